The molecule has 4 heterocycles. The molecule has 2 aliphatic rings. The number of aryl methyl sites for hydroxylation is 1. The maximum Gasteiger partial charge on any atom is 0.227 e. The molecule has 2 aromatic heterocycles. The molecule has 1 amide bonds. The number of likely N-dealkylation sites (tertiary alicyclic amines) is 1. The monoisotopic (exact) mass is 319 g/mol. The summed E-state index contributed by atoms with van der Waals surface area (Å²) >= 11 is 1.62. The number of aromatic nitrogens is 2. The Morgan fingerprint density at radius 2 is 2.45 bits per heavy atom. The highest BCUT2D eigenvalue weighted by Gasteiger charge is 2.56. The highest BCUT2D eigenvalue weighted by Crippen LogP contribution is 2.43. The average molecular weight is 319 g/mol. The third-order valence-electron chi connectivity index (χ3n) is 4.61. The minimum absolute atomic E-state index is 0.156. The van der Waals surface area contributed by atoms with E-state index in [1.54, 1.807) is 18.3 Å². The van der Waals surface area contributed by atoms with Crippen LogP contribution in [-0.4, -0.2) is 47.3 Å². The molecule has 0 N–H and O–H groups in total. The van der Waals surface area contributed by atoms with Gasteiger partial charge in [0.25, 0.3) is 0 Å². The first-order chi connectivity index (χ1) is 10.7. The smallest absolute Gasteiger partial charge is 0.227 e. The fourth-order valence-electron chi connectivity index (χ4n) is 3.41. The number of thiophene rings is 1. The van der Waals surface area contributed by atoms with E-state index in [4.69, 9.17) is 9.15 Å². The summed E-state index contributed by atoms with van der Waals surface area (Å²) in [5.41, 5.74) is 0.747. The highest BCUT2D eigenvalue weighted by molar-refractivity contribution is 7.07. The van der Waals surface area contributed by atoms with E-state index in [2.05, 4.69) is 10.2 Å². The van der Waals surface area contributed by atoms with Crippen LogP contribution in [0.5, 0.6) is 0 Å². The number of fused-ring (bicyclic) bond motifs is 1. The molecule has 0 aliphatic carbocycles. The highest BCUT2D eigenvalue weighted by atomic mass is 32.1. The molecule has 0 aromatic carbocycles. The second-order valence-electron chi connectivity index (χ2n) is 6.08. The number of amides is 1. The minimum Gasteiger partial charge on any atom is -0.425 e. The van der Waals surface area contributed by atoms with E-state index in [9.17, 15) is 4.79 Å². The van der Waals surface area contributed by atoms with Crippen molar-refractivity contribution in [1.29, 1.82) is 0 Å². The van der Waals surface area contributed by atoms with Gasteiger partial charge in [-0.2, -0.15) is 11.3 Å². The molecule has 2 fully saturated rings. The Labute approximate surface area is 132 Å². The number of ether oxygens (including phenoxy) is 1. The lowest BCUT2D eigenvalue weighted by Gasteiger charge is -2.22. The fourth-order valence-corrected chi connectivity index (χ4v) is 4.07. The van der Waals surface area contributed by atoms with E-state index in [-0.39, 0.29) is 17.2 Å². The number of rotatable bonds is 3. The van der Waals surface area contributed by atoms with Crippen LogP contribution < -0.4 is 0 Å². The zero-order valence-corrected chi connectivity index (χ0v) is 13.1. The van der Waals surface area contributed by atoms with Crippen molar-refractivity contribution in [3.05, 3.63) is 34.2 Å². The summed E-state index contributed by atoms with van der Waals surface area (Å²) in [6.07, 6.45) is 0.454. The third-order valence-corrected chi connectivity index (χ3v) is 5.35. The molecule has 0 spiro atoms. The standard InChI is InChI=1S/C15H17N3O3S/c1-10-16-17-14(21-10)15-8-18(5-12(15)6-20-9-15)13(19)4-11-2-3-22-7-11/h2-3,7,12H,4-6,8-9H2,1H3/t12-,15-/m0/s1. The van der Waals surface area contributed by atoms with Crippen LogP contribution in [0.4, 0.5) is 0 Å². The molecule has 22 heavy (non-hydrogen) atoms. The number of carbonyl (C=O) groups is 1. The number of hydrogen-bond acceptors (Lipinski definition) is 6. The Bertz CT molecular complexity index is 684. The van der Waals surface area contributed by atoms with Gasteiger partial charge >= 0.3 is 0 Å². The predicted molar refractivity (Wildman–Crippen MR) is 79.6 cm³/mol. The average Bonchev–Trinajstić information content (AvgIpc) is 3.19. The van der Waals surface area contributed by atoms with Crippen molar-refractivity contribution < 1.29 is 13.9 Å². The SMILES string of the molecule is Cc1nnc([C@@]23COC[C@@H]2CN(C(=O)Cc2ccsc2)C3)o1. The number of hydrogen-bond donors (Lipinski definition) is 0. The molecule has 2 aromatic rings. The summed E-state index contributed by atoms with van der Waals surface area (Å²) in [5, 5.41) is 12.2. The molecule has 2 aliphatic heterocycles. The molecule has 2 atom stereocenters. The molecule has 0 unspecified atom stereocenters. The van der Waals surface area contributed by atoms with Crippen LogP contribution in [0.25, 0.3) is 0 Å². The van der Waals surface area contributed by atoms with Crippen molar-refractivity contribution in [1.82, 2.24) is 15.1 Å². The maximum atomic E-state index is 12.5. The van der Waals surface area contributed by atoms with Crippen LogP contribution in [0.3, 0.4) is 0 Å². The van der Waals surface area contributed by atoms with E-state index in [0.29, 0.717) is 44.5 Å². The van der Waals surface area contributed by atoms with Crippen LogP contribution in [-0.2, 0) is 21.4 Å². The van der Waals surface area contributed by atoms with Gasteiger partial charge in [-0.15, -0.1) is 10.2 Å². The first-order valence-electron chi connectivity index (χ1n) is 7.34. The van der Waals surface area contributed by atoms with Crippen molar-refractivity contribution in [2.24, 2.45) is 5.92 Å². The molecule has 6 nitrogen and oxygen atoms in total. The van der Waals surface area contributed by atoms with Crippen molar-refractivity contribution in [2.45, 2.75) is 18.8 Å². The van der Waals surface area contributed by atoms with Crippen molar-refractivity contribution in [2.75, 3.05) is 26.3 Å². The van der Waals surface area contributed by atoms with Gasteiger partial charge in [-0.1, -0.05) is 0 Å². The third kappa shape index (κ3) is 2.16. The van der Waals surface area contributed by atoms with Crippen molar-refractivity contribution in [3.63, 3.8) is 0 Å². The lowest BCUT2D eigenvalue weighted by Crippen LogP contribution is -2.38. The first-order valence-corrected chi connectivity index (χ1v) is 8.29. The Morgan fingerprint density at radius 1 is 1.55 bits per heavy atom. The molecule has 7 heteroatoms. The van der Waals surface area contributed by atoms with Gasteiger partial charge in [0, 0.05) is 25.9 Å². The van der Waals surface area contributed by atoms with E-state index in [1.165, 1.54) is 0 Å². The normalized spacial score (nSPS) is 27.3. The van der Waals surface area contributed by atoms with Gasteiger partial charge in [-0.25, -0.2) is 0 Å². The zero-order chi connectivity index (χ0) is 15.2. The summed E-state index contributed by atoms with van der Waals surface area (Å²) in [7, 11) is 0. The number of nitrogens with zero attached hydrogens (tertiary/aromatic N) is 3. The van der Waals surface area contributed by atoms with E-state index < -0.39 is 0 Å². The van der Waals surface area contributed by atoms with Crippen molar-refractivity contribution >= 4 is 17.2 Å². The Balaban J connectivity index is 1.55. The largest absolute Gasteiger partial charge is 0.425 e. The maximum absolute atomic E-state index is 12.5. The predicted octanol–water partition coefficient (Wildman–Crippen LogP) is 1.41. The topological polar surface area (TPSA) is 68.5 Å². The quantitative estimate of drug-likeness (QED) is 0.855. The summed E-state index contributed by atoms with van der Waals surface area (Å²) < 4.78 is 11.3. The molecule has 0 radical (unpaired) electrons. The van der Waals surface area contributed by atoms with E-state index in [1.807, 2.05) is 21.7 Å². The second kappa shape index (κ2) is 5.17. The lowest BCUT2D eigenvalue weighted by atomic mass is 9.81. The van der Waals surface area contributed by atoms with Crippen LogP contribution in [0.2, 0.25) is 0 Å². The zero-order valence-electron chi connectivity index (χ0n) is 12.3. The van der Waals surface area contributed by atoms with Gasteiger partial charge in [0.1, 0.15) is 0 Å². The lowest BCUT2D eigenvalue weighted by molar-refractivity contribution is -0.130. The molecule has 116 valence electrons. The van der Waals surface area contributed by atoms with Crippen LogP contribution in [0.15, 0.2) is 21.2 Å². The summed E-state index contributed by atoms with van der Waals surface area (Å²) in [4.78, 5) is 14.5. The number of carbonyl (C=O) groups excluding carboxylic acids is 1. The minimum atomic E-state index is -0.328. The van der Waals surface area contributed by atoms with Gasteiger partial charge in [-0.05, 0) is 22.4 Å². The Kier molecular flexibility index (Phi) is 3.27. The molecular formula is C15H17N3O3S. The molecule has 4 rings (SSSR count). The van der Waals surface area contributed by atoms with Gasteiger partial charge in [0.2, 0.25) is 17.7 Å². The summed E-state index contributed by atoms with van der Waals surface area (Å²) in [6.45, 7) is 4.27. The molecule has 0 saturated carbocycles. The van der Waals surface area contributed by atoms with Gasteiger partial charge in [0.05, 0.1) is 25.0 Å². The Morgan fingerprint density at radius 3 is 3.18 bits per heavy atom. The fraction of sp³-hybridized carbons (Fsp3) is 0.533. The molecule has 0 bridgehead atoms. The van der Waals surface area contributed by atoms with Gasteiger partial charge < -0.3 is 14.1 Å². The summed E-state index contributed by atoms with van der Waals surface area (Å²) in [6, 6.07) is 2.00. The van der Waals surface area contributed by atoms with Crippen LogP contribution in [0.1, 0.15) is 17.3 Å². The Hall–Kier alpha value is -1.73. The summed E-state index contributed by atoms with van der Waals surface area (Å²) in [5.74, 6) is 1.55. The van der Waals surface area contributed by atoms with Crippen molar-refractivity contribution in [3.8, 4) is 0 Å². The second-order valence-corrected chi connectivity index (χ2v) is 6.86. The van der Waals surface area contributed by atoms with E-state index >= 15 is 0 Å². The van der Waals surface area contributed by atoms with E-state index in [0.717, 1.165) is 5.56 Å². The van der Waals surface area contributed by atoms with Crippen LogP contribution >= 0.6 is 11.3 Å². The van der Waals surface area contributed by atoms with Gasteiger partial charge in [0.15, 0.2) is 0 Å². The van der Waals surface area contributed by atoms with Gasteiger partial charge in [-0.3, -0.25) is 4.79 Å². The molecule has 2 saturated heterocycles. The first kappa shape index (κ1) is 13.9. The van der Waals surface area contributed by atoms with Crippen LogP contribution in [0, 0.1) is 12.8 Å². The molecular weight excluding hydrogens is 302 g/mol.